The minimum absolute atomic E-state index is 0.137. The number of ether oxygens (including phenoxy) is 1. The summed E-state index contributed by atoms with van der Waals surface area (Å²) in [5.41, 5.74) is 5.85. The largest absolute Gasteiger partial charge is 0.469 e. The second-order valence-corrected chi connectivity index (χ2v) is 10.0. The maximum atomic E-state index is 11.3. The zero-order valence-electron chi connectivity index (χ0n) is 18.5. The van der Waals surface area contributed by atoms with Crippen LogP contribution < -0.4 is 5.32 Å². The molecule has 2 N–H and O–H groups in total. The number of likely N-dealkylation sites (tertiary alicyclic amines) is 1. The lowest BCUT2D eigenvalue weighted by molar-refractivity contribution is -0.140. The Kier molecular flexibility index (Phi) is 5.47. The highest BCUT2D eigenvalue weighted by Crippen LogP contribution is 2.45. The Morgan fingerprint density at radius 2 is 2.14 bits per heavy atom. The normalized spacial score (nSPS) is 24.5. The van der Waals surface area contributed by atoms with Gasteiger partial charge < -0.3 is 19.9 Å². The second kappa shape index (κ2) is 7.77. The third kappa shape index (κ3) is 3.95. The summed E-state index contributed by atoms with van der Waals surface area (Å²) in [5, 5.41) is 4.94. The molecule has 4 rings (SSSR count). The molecule has 1 fully saturated rings. The Morgan fingerprint density at radius 1 is 1.34 bits per heavy atom. The Morgan fingerprint density at radius 3 is 2.86 bits per heavy atom. The molecule has 29 heavy (non-hydrogen) atoms. The van der Waals surface area contributed by atoms with E-state index in [1.165, 1.54) is 41.1 Å². The molecule has 1 aromatic carbocycles. The van der Waals surface area contributed by atoms with Crippen molar-refractivity contribution in [3.05, 3.63) is 35.0 Å². The number of esters is 1. The van der Waals surface area contributed by atoms with Gasteiger partial charge in [0, 0.05) is 42.1 Å². The molecule has 1 aliphatic heterocycles. The van der Waals surface area contributed by atoms with Crippen LogP contribution in [0, 0.1) is 5.92 Å². The lowest BCUT2D eigenvalue weighted by atomic mass is 9.71. The minimum Gasteiger partial charge on any atom is -0.469 e. The molecule has 0 radical (unpaired) electrons. The topological polar surface area (TPSA) is 57.4 Å². The molecule has 3 atom stereocenters. The maximum Gasteiger partial charge on any atom is 0.306 e. The molecule has 158 valence electrons. The van der Waals surface area contributed by atoms with Crippen LogP contribution in [0.15, 0.2) is 18.3 Å². The van der Waals surface area contributed by atoms with Gasteiger partial charge in [0.05, 0.1) is 13.5 Å². The molecule has 5 nitrogen and oxygen atoms in total. The van der Waals surface area contributed by atoms with Crippen LogP contribution in [0.1, 0.15) is 56.2 Å². The first kappa shape index (κ1) is 20.4. The summed E-state index contributed by atoms with van der Waals surface area (Å²) < 4.78 is 4.74. The van der Waals surface area contributed by atoms with Gasteiger partial charge in [0.25, 0.3) is 0 Å². The van der Waals surface area contributed by atoms with E-state index in [1.807, 2.05) is 0 Å². The molecule has 2 heterocycles. The van der Waals surface area contributed by atoms with Crippen molar-refractivity contribution in [2.45, 2.75) is 57.4 Å². The molecule has 1 saturated heterocycles. The number of carbonyl (C=O) groups is 1. The second-order valence-electron chi connectivity index (χ2n) is 10.0. The molecule has 2 aromatic rings. The quantitative estimate of drug-likeness (QED) is 0.598. The molecule has 0 spiro atoms. The van der Waals surface area contributed by atoms with E-state index in [0.29, 0.717) is 30.8 Å². The molecule has 1 aliphatic carbocycles. The fourth-order valence-electron chi connectivity index (χ4n) is 5.31. The molecule has 0 saturated carbocycles. The number of nitrogens with one attached hydrogen (secondary N) is 2. The van der Waals surface area contributed by atoms with Crippen LogP contribution in [-0.4, -0.2) is 55.7 Å². The number of methoxy groups -OCH3 is 1. The monoisotopic (exact) mass is 397 g/mol. The summed E-state index contributed by atoms with van der Waals surface area (Å²) in [7, 11) is 3.73. The predicted molar refractivity (Wildman–Crippen MR) is 117 cm³/mol. The van der Waals surface area contributed by atoms with Crippen LogP contribution in [0.25, 0.3) is 10.9 Å². The Balaban J connectivity index is 1.57. The van der Waals surface area contributed by atoms with E-state index >= 15 is 0 Å². The van der Waals surface area contributed by atoms with Gasteiger partial charge in [-0.25, -0.2) is 0 Å². The van der Waals surface area contributed by atoms with E-state index < -0.39 is 0 Å². The number of fused-ring (bicyclic) bond motifs is 2. The number of carbonyl (C=O) groups excluding carboxylic acids is 1. The fourth-order valence-corrected chi connectivity index (χ4v) is 5.31. The van der Waals surface area contributed by atoms with Crippen molar-refractivity contribution < 1.29 is 9.53 Å². The van der Waals surface area contributed by atoms with Gasteiger partial charge >= 0.3 is 5.97 Å². The zero-order chi connectivity index (χ0) is 20.8. The summed E-state index contributed by atoms with van der Waals surface area (Å²) in [4.78, 5) is 17.5. The summed E-state index contributed by atoms with van der Waals surface area (Å²) in [5.74, 6) is 1.01. The number of H-pyrrole nitrogens is 1. The number of rotatable bonds is 5. The maximum absolute atomic E-state index is 11.3. The fraction of sp³-hybridized carbons (Fsp3) is 0.625. The summed E-state index contributed by atoms with van der Waals surface area (Å²) in [6.45, 7) is 9.64. The Labute approximate surface area is 174 Å². The molecule has 2 aliphatic rings. The first-order valence-corrected chi connectivity index (χ1v) is 10.9. The van der Waals surface area contributed by atoms with Gasteiger partial charge in [-0.2, -0.15) is 0 Å². The van der Waals surface area contributed by atoms with Gasteiger partial charge in [-0.3, -0.25) is 4.79 Å². The van der Waals surface area contributed by atoms with E-state index in [4.69, 9.17) is 4.74 Å². The van der Waals surface area contributed by atoms with Gasteiger partial charge in [0.15, 0.2) is 0 Å². The third-order valence-corrected chi connectivity index (χ3v) is 6.92. The average Bonchev–Trinajstić information content (AvgIpc) is 3.09. The van der Waals surface area contributed by atoms with Crippen molar-refractivity contribution in [1.82, 2.24) is 15.2 Å². The first-order valence-electron chi connectivity index (χ1n) is 10.9. The molecule has 1 aromatic heterocycles. The van der Waals surface area contributed by atoms with Gasteiger partial charge in [-0.05, 0) is 60.5 Å². The Hall–Kier alpha value is -1.85. The molecule has 0 amide bonds. The number of aromatic amines is 1. The van der Waals surface area contributed by atoms with Crippen molar-refractivity contribution in [1.29, 1.82) is 0 Å². The van der Waals surface area contributed by atoms with E-state index in [-0.39, 0.29) is 11.4 Å². The Bertz CT molecular complexity index is 895. The number of hydrogen-bond acceptors (Lipinski definition) is 4. The summed E-state index contributed by atoms with van der Waals surface area (Å²) in [6.07, 6.45) is 5.00. The van der Waals surface area contributed by atoms with Crippen LogP contribution in [-0.2, 0) is 21.4 Å². The molecule has 5 heteroatoms. The van der Waals surface area contributed by atoms with Crippen molar-refractivity contribution in [2.24, 2.45) is 5.92 Å². The lowest BCUT2D eigenvalue weighted by Gasteiger charge is -2.46. The summed E-state index contributed by atoms with van der Waals surface area (Å²) >= 11 is 0. The van der Waals surface area contributed by atoms with Crippen LogP contribution in [0.4, 0.5) is 0 Å². The van der Waals surface area contributed by atoms with Crippen LogP contribution in [0.2, 0.25) is 0 Å². The number of piperidine rings is 1. The highest BCUT2D eigenvalue weighted by atomic mass is 16.5. The van der Waals surface area contributed by atoms with Gasteiger partial charge in [0.2, 0.25) is 0 Å². The number of likely N-dealkylation sites (N-methyl/N-ethyl adjacent to an activating group) is 1. The van der Waals surface area contributed by atoms with Gasteiger partial charge in [-0.15, -0.1) is 0 Å². The van der Waals surface area contributed by atoms with Crippen molar-refractivity contribution >= 4 is 16.9 Å². The van der Waals surface area contributed by atoms with E-state index in [2.05, 4.69) is 61.3 Å². The highest BCUT2D eigenvalue weighted by molar-refractivity contribution is 5.89. The predicted octanol–water partition coefficient (Wildman–Crippen LogP) is 3.58. The van der Waals surface area contributed by atoms with Gasteiger partial charge in [0.1, 0.15) is 0 Å². The van der Waals surface area contributed by atoms with E-state index in [1.54, 1.807) is 0 Å². The lowest BCUT2D eigenvalue weighted by Crippen LogP contribution is -2.49. The third-order valence-electron chi connectivity index (χ3n) is 6.92. The molecular weight excluding hydrogens is 362 g/mol. The standard InChI is InChI=1S/C24H35N3O2/c1-24(2,3)17-10-19-18-8-15(12-25-7-6-22(28)29-5)14-27(4)21(18)9-16-13-26-20(11-17)23(16)19/h10-11,13,15,18,21,25-26H,6-9,12,14H2,1-5H3/t15?,18-,21-/m1/s1. The number of benzene rings is 1. The van der Waals surface area contributed by atoms with Crippen molar-refractivity contribution in [3.63, 3.8) is 0 Å². The zero-order valence-corrected chi connectivity index (χ0v) is 18.5. The molecule has 0 bridgehead atoms. The highest BCUT2D eigenvalue weighted by Gasteiger charge is 2.39. The first-order chi connectivity index (χ1) is 13.8. The van der Waals surface area contributed by atoms with Crippen LogP contribution in [0.3, 0.4) is 0 Å². The smallest absolute Gasteiger partial charge is 0.306 e. The van der Waals surface area contributed by atoms with Crippen molar-refractivity contribution in [3.8, 4) is 0 Å². The molecular formula is C24H35N3O2. The SMILES string of the molecule is COC(=O)CCNCC1C[C@@H]2c3cc(C(C)(C)C)cc4[nH]cc(c34)C[C@H]2N(C)C1. The van der Waals surface area contributed by atoms with E-state index in [0.717, 1.165) is 19.5 Å². The van der Waals surface area contributed by atoms with E-state index in [9.17, 15) is 4.79 Å². The number of aromatic nitrogens is 1. The van der Waals surface area contributed by atoms with Crippen molar-refractivity contribution in [2.75, 3.05) is 33.8 Å². The number of hydrogen-bond donors (Lipinski definition) is 2. The summed E-state index contributed by atoms with van der Waals surface area (Å²) in [6, 6.07) is 5.40. The van der Waals surface area contributed by atoms with Crippen LogP contribution in [0.5, 0.6) is 0 Å². The van der Waals surface area contributed by atoms with Crippen LogP contribution >= 0.6 is 0 Å². The average molecular weight is 398 g/mol. The van der Waals surface area contributed by atoms with Gasteiger partial charge in [-0.1, -0.05) is 26.8 Å². The molecule has 1 unspecified atom stereocenters. The minimum atomic E-state index is -0.146. The number of nitrogens with zero attached hydrogens (tertiary/aromatic N) is 1.